The van der Waals surface area contributed by atoms with Crippen molar-refractivity contribution in [1.29, 1.82) is 0 Å². The molecule has 5 nitrogen and oxygen atoms in total. The summed E-state index contributed by atoms with van der Waals surface area (Å²) in [5.41, 5.74) is 0.815. The first-order valence-electron chi connectivity index (χ1n) is 9.18. The molecule has 0 spiro atoms. The van der Waals surface area contributed by atoms with Gasteiger partial charge in [0.1, 0.15) is 0 Å². The quantitative estimate of drug-likeness (QED) is 0.698. The zero-order valence-electron chi connectivity index (χ0n) is 15.5. The molecule has 1 amide bonds. The number of rotatable bonds is 4. The highest BCUT2D eigenvalue weighted by Gasteiger charge is 2.54. The Labute approximate surface area is 163 Å². The first-order chi connectivity index (χ1) is 13.7. The summed E-state index contributed by atoms with van der Waals surface area (Å²) in [6.07, 6.45) is 0. The van der Waals surface area contributed by atoms with Crippen LogP contribution >= 0.6 is 0 Å². The molecule has 3 aromatic rings. The van der Waals surface area contributed by atoms with Gasteiger partial charge in [-0.3, -0.25) is 9.69 Å². The Bertz CT molecular complexity index is 1000. The maximum Gasteiger partial charge on any atom is 0.358 e. The number of hydrogen-bond acceptors (Lipinski definition) is 4. The number of anilines is 2. The molecule has 0 aliphatic carbocycles. The van der Waals surface area contributed by atoms with Gasteiger partial charge in [0.15, 0.2) is 0 Å². The van der Waals surface area contributed by atoms with Crippen molar-refractivity contribution in [1.82, 2.24) is 0 Å². The molecule has 28 heavy (non-hydrogen) atoms. The average molecular weight is 372 g/mol. The monoisotopic (exact) mass is 372 g/mol. The average Bonchev–Trinajstić information content (AvgIpc) is 2.75. The van der Waals surface area contributed by atoms with E-state index < -0.39 is 11.6 Å². The van der Waals surface area contributed by atoms with Gasteiger partial charge in [-0.25, -0.2) is 4.79 Å². The van der Waals surface area contributed by atoms with E-state index in [1.54, 1.807) is 19.1 Å². The lowest BCUT2D eigenvalue weighted by atomic mass is 9.91. The number of esters is 1. The highest BCUT2D eigenvalue weighted by Crippen LogP contribution is 2.41. The van der Waals surface area contributed by atoms with E-state index in [2.05, 4.69) is 5.32 Å². The van der Waals surface area contributed by atoms with E-state index in [1.165, 1.54) is 4.90 Å². The zero-order valence-corrected chi connectivity index (χ0v) is 15.5. The van der Waals surface area contributed by atoms with Crippen molar-refractivity contribution in [2.24, 2.45) is 0 Å². The van der Waals surface area contributed by atoms with Crippen molar-refractivity contribution in [2.75, 3.05) is 16.8 Å². The summed E-state index contributed by atoms with van der Waals surface area (Å²) in [6.45, 7) is 1.95. The molecule has 1 heterocycles. The molecule has 0 unspecified atom stereocenters. The second-order valence-electron chi connectivity index (χ2n) is 6.44. The first kappa shape index (κ1) is 17.8. The van der Waals surface area contributed by atoms with Gasteiger partial charge in [-0.1, -0.05) is 60.7 Å². The maximum atomic E-state index is 13.6. The lowest BCUT2D eigenvalue weighted by Crippen LogP contribution is -2.63. The smallest absolute Gasteiger partial charge is 0.358 e. The van der Waals surface area contributed by atoms with Crippen LogP contribution in [0.25, 0.3) is 0 Å². The number of ether oxygens (including phenoxy) is 1. The molecule has 140 valence electrons. The standard InChI is InChI=1S/C23H20N2O3/c1-2-28-22(27)23(17-11-5-3-6-12-17)24-20-16-10-9-15-19(20)21(26)25(23)18-13-7-4-8-14-18/h3-16,24H,2H2,1H3/t23-/m0/s1. The Morgan fingerprint density at radius 3 is 2.21 bits per heavy atom. The van der Waals surface area contributed by atoms with Gasteiger partial charge in [0.2, 0.25) is 5.66 Å². The summed E-state index contributed by atoms with van der Waals surface area (Å²) >= 11 is 0. The van der Waals surface area contributed by atoms with Crippen molar-refractivity contribution in [2.45, 2.75) is 12.6 Å². The molecule has 0 aromatic heterocycles. The van der Waals surface area contributed by atoms with Crippen molar-refractivity contribution in [3.8, 4) is 0 Å². The SMILES string of the molecule is CCOC(=O)[C@@]1(c2ccccc2)Nc2ccccc2C(=O)N1c1ccccc1. The second-order valence-corrected chi connectivity index (χ2v) is 6.44. The number of carbonyl (C=O) groups is 2. The Balaban J connectivity index is 2.02. The van der Waals surface area contributed by atoms with Crippen LogP contribution in [0.2, 0.25) is 0 Å². The van der Waals surface area contributed by atoms with E-state index in [0.717, 1.165) is 0 Å². The van der Waals surface area contributed by atoms with Gasteiger partial charge in [0, 0.05) is 16.9 Å². The largest absolute Gasteiger partial charge is 0.463 e. The molecule has 0 saturated carbocycles. The minimum Gasteiger partial charge on any atom is -0.463 e. The molecular weight excluding hydrogens is 352 g/mol. The molecule has 1 atom stereocenters. The fourth-order valence-electron chi connectivity index (χ4n) is 3.57. The van der Waals surface area contributed by atoms with Gasteiger partial charge in [-0.15, -0.1) is 0 Å². The van der Waals surface area contributed by atoms with Crippen LogP contribution in [0.3, 0.4) is 0 Å². The third kappa shape index (κ3) is 2.72. The molecular formula is C23H20N2O3. The molecule has 0 fully saturated rings. The number of hydrogen-bond donors (Lipinski definition) is 1. The number of nitrogens with one attached hydrogen (secondary N) is 1. The van der Waals surface area contributed by atoms with E-state index >= 15 is 0 Å². The number of carbonyl (C=O) groups excluding carboxylic acids is 2. The van der Waals surface area contributed by atoms with Crippen LogP contribution in [0, 0.1) is 0 Å². The fraction of sp³-hybridized carbons (Fsp3) is 0.130. The third-order valence-corrected chi connectivity index (χ3v) is 4.79. The zero-order chi connectivity index (χ0) is 19.6. The van der Waals surface area contributed by atoms with Crippen molar-refractivity contribution in [3.63, 3.8) is 0 Å². The summed E-state index contributed by atoms with van der Waals surface area (Å²) in [5.74, 6) is -0.801. The molecule has 1 N–H and O–H groups in total. The van der Waals surface area contributed by atoms with Crippen molar-refractivity contribution < 1.29 is 14.3 Å². The van der Waals surface area contributed by atoms with Gasteiger partial charge < -0.3 is 10.1 Å². The van der Waals surface area contributed by atoms with Crippen LogP contribution in [0.1, 0.15) is 22.8 Å². The summed E-state index contributed by atoms with van der Waals surface area (Å²) in [7, 11) is 0. The second kappa shape index (κ2) is 7.19. The summed E-state index contributed by atoms with van der Waals surface area (Å²) in [4.78, 5) is 28.5. The van der Waals surface area contributed by atoms with Crippen LogP contribution in [-0.4, -0.2) is 18.5 Å². The van der Waals surface area contributed by atoms with Gasteiger partial charge in [0.05, 0.1) is 12.2 Å². The first-order valence-corrected chi connectivity index (χ1v) is 9.18. The van der Waals surface area contributed by atoms with E-state index in [4.69, 9.17) is 4.74 Å². The van der Waals surface area contributed by atoms with Crippen molar-refractivity contribution in [3.05, 3.63) is 96.1 Å². The van der Waals surface area contributed by atoms with Gasteiger partial charge in [-0.2, -0.15) is 0 Å². The van der Waals surface area contributed by atoms with Crippen LogP contribution in [0.15, 0.2) is 84.9 Å². The lowest BCUT2D eigenvalue weighted by Gasteiger charge is -2.46. The number of amides is 1. The van der Waals surface area contributed by atoms with Crippen molar-refractivity contribution >= 4 is 23.3 Å². The van der Waals surface area contributed by atoms with Gasteiger partial charge in [-0.05, 0) is 31.2 Å². The molecule has 1 aliphatic heterocycles. The van der Waals surface area contributed by atoms with E-state index in [0.29, 0.717) is 22.5 Å². The Morgan fingerprint density at radius 2 is 1.54 bits per heavy atom. The maximum absolute atomic E-state index is 13.6. The van der Waals surface area contributed by atoms with E-state index in [1.807, 2.05) is 72.8 Å². The fourth-order valence-corrected chi connectivity index (χ4v) is 3.57. The van der Waals surface area contributed by atoms with E-state index in [-0.39, 0.29) is 12.5 Å². The summed E-state index contributed by atoms with van der Waals surface area (Å²) in [6, 6.07) is 25.5. The molecule has 4 rings (SSSR count). The van der Waals surface area contributed by atoms with Crippen LogP contribution in [-0.2, 0) is 15.2 Å². The number of benzene rings is 3. The molecule has 0 radical (unpaired) electrons. The molecule has 0 saturated heterocycles. The Kier molecular flexibility index (Phi) is 4.57. The molecule has 0 bridgehead atoms. The third-order valence-electron chi connectivity index (χ3n) is 4.79. The predicted molar refractivity (Wildman–Crippen MR) is 108 cm³/mol. The summed E-state index contributed by atoms with van der Waals surface area (Å²) in [5, 5.41) is 3.32. The van der Waals surface area contributed by atoms with Crippen LogP contribution < -0.4 is 10.2 Å². The molecule has 1 aliphatic rings. The van der Waals surface area contributed by atoms with Crippen LogP contribution in [0.5, 0.6) is 0 Å². The van der Waals surface area contributed by atoms with Gasteiger partial charge >= 0.3 is 5.97 Å². The summed E-state index contributed by atoms with van der Waals surface area (Å²) < 4.78 is 5.46. The van der Waals surface area contributed by atoms with Gasteiger partial charge in [0.25, 0.3) is 5.91 Å². The normalized spacial score (nSPS) is 18.2. The number of para-hydroxylation sites is 2. The van der Waals surface area contributed by atoms with Crippen LogP contribution in [0.4, 0.5) is 11.4 Å². The Morgan fingerprint density at radius 1 is 0.929 bits per heavy atom. The minimum atomic E-state index is -1.51. The number of nitrogens with zero attached hydrogens (tertiary/aromatic N) is 1. The topological polar surface area (TPSA) is 58.6 Å². The number of fused-ring (bicyclic) bond motifs is 1. The molecule has 3 aromatic carbocycles. The predicted octanol–water partition coefficient (Wildman–Crippen LogP) is 4.18. The minimum absolute atomic E-state index is 0.202. The lowest BCUT2D eigenvalue weighted by molar-refractivity contribution is -0.148. The highest BCUT2D eigenvalue weighted by atomic mass is 16.5. The molecule has 5 heteroatoms. The Hall–Kier alpha value is -3.60. The highest BCUT2D eigenvalue weighted by molar-refractivity contribution is 6.17. The van der Waals surface area contributed by atoms with E-state index in [9.17, 15) is 9.59 Å².